The lowest BCUT2D eigenvalue weighted by Crippen LogP contribution is -2.22. The SMILES string of the molecule is COC(=O)Nc1ccc(CNC(=O)CCC(C)C)cc1. The lowest BCUT2D eigenvalue weighted by atomic mass is 10.1. The van der Waals surface area contributed by atoms with Crippen LogP contribution >= 0.6 is 0 Å². The second kappa shape index (κ2) is 8.19. The van der Waals surface area contributed by atoms with E-state index in [9.17, 15) is 9.59 Å². The average Bonchev–Trinajstić information content (AvgIpc) is 2.44. The summed E-state index contributed by atoms with van der Waals surface area (Å²) in [6.45, 7) is 4.69. The van der Waals surface area contributed by atoms with Crippen molar-refractivity contribution in [1.82, 2.24) is 5.32 Å². The van der Waals surface area contributed by atoms with Crippen LogP contribution < -0.4 is 10.6 Å². The van der Waals surface area contributed by atoms with Gasteiger partial charge in [0, 0.05) is 18.7 Å². The molecule has 5 nitrogen and oxygen atoms in total. The topological polar surface area (TPSA) is 67.4 Å². The van der Waals surface area contributed by atoms with Gasteiger partial charge in [0.05, 0.1) is 7.11 Å². The Bertz CT molecular complexity index is 441. The van der Waals surface area contributed by atoms with E-state index in [0.29, 0.717) is 24.6 Å². The van der Waals surface area contributed by atoms with Crippen molar-refractivity contribution in [3.63, 3.8) is 0 Å². The summed E-state index contributed by atoms with van der Waals surface area (Å²) in [4.78, 5) is 22.6. The van der Waals surface area contributed by atoms with E-state index in [1.165, 1.54) is 7.11 Å². The number of ether oxygens (including phenoxy) is 1. The van der Waals surface area contributed by atoms with E-state index in [-0.39, 0.29) is 5.91 Å². The van der Waals surface area contributed by atoms with E-state index in [1.54, 1.807) is 12.1 Å². The predicted molar refractivity (Wildman–Crippen MR) is 78.4 cm³/mol. The van der Waals surface area contributed by atoms with Gasteiger partial charge in [0.1, 0.15) is 0 Å². The highest BCUT2D eigenvalue weighted by molar-refractivity contribution is 5.84. The van der Waals surface area contributed by atoms with E-state index < -0.39 is 6.09 Å². The molecule has 0 saturated carbocycles. The normalized spacial score (nSPS) is 10.2. The highest BCUT2D eigenvalue weighted by Gasteiger charge is 2.04. The third-order valence-electron chi connectivity index (χ3n) is 2.82. The highest BCUT2D eigenvalue weighted by Crippen LogP contribution is 2.10. The van der Waals surface area contributed by atoms with Crippen molar-refractivity contribution in [2.75, 3.05) is 12.4 Å². The first-order valence-electron chi connectivity index (χ1n) is 6.72. The average molecular weight is 278 g/mol. The van der Waals surface area contributed by atoms with Crippen LogP contribution in [0.1, 0.15) is 32.3 Å². The molecule has 20 heavy (non-hydrogen) atoms. The van der Waals surface area contributed by atoms with Crippen LogP contribution in [0.4, 0.5) is 10.5 Å². The molecule has 0 atom stereocenters. The Kier molecular flexibility index (Phi) is 6.56. The molecule has 2 N–H and O–H groups in total. The van der Waals surface area contributed by atoms with E-state index in [2.05, 4.69) is 29.2 Å². The van der Waals surface area contributed by atoms with Gasteiger partial charge in [-0.15, -0.1) is 0 Å². The van der Waals surface area contributed by atoms with Crippen molar-refractivity contribution < 1.29 is 14.3 Å². The van der Waals surface area contributed by atoms with Crippen LogP contribution in [0.25, 0.3) is 0 Å². The number of benzene rings is 1. The molecule has 0 fully saturated rings. The number of carbonyl (C=O) groups is 2. The summed E-state index contributed by atoms with van der Waals surface area (Å²) < 4.78 is 4.50. The van der Waals surface area contributed by atoms with Gasteiger partial charge in [-0.25, -0.2) is 4.79 Å². The van der Waals surface area contributed by atoms with Gasteiger partial charge >= 0.3 is 6.09 Å². The molecule has 1 aromatic rings. The second-order valence-electron chi connectivity index (χ2n) is 5.02. The van der Waals surface area contributed by atoms with E-state index in [1.807, 2.05) is 12.1 Å². The van der Waals surface area contributed by atoms with Crippen LogP contribution in [0.3, 0.4) is 0 Å². The van der Waals surface area contributed by atoms with Crippen LogP contribution in [-0.4, -0.2) is 19.1 Å². The standard InChI is InChI=1S/C15H22N2O3/c1-11(2)4-9-14(18)16-10-12-5-7-13(8-6-12)17-15(19)20-3/h5-8,11H,4,9-10H2,1-3H3,(H,16,18)(H,17,19). The summed E-state index contributed by atoms with van der Waals surface area (Å²) in [6, 6.07) is 7.25. The number of amides is 2. The van der Waals surface area contributed by atoms with Gasteiger partial charge in [-0.1, -0.05) is 26.0 Å². The lowest BCUT2D eigenvalue weighted by molar-refractivity contribution is -0.121. The molecule has 2 amide bonds. The van der Waals surface area contributed by atoms with Crippen molar-refractivity contribution >= 4 is 17.7 Å². The lowest BCUT2D eigenvalue weighted by Gasteiger charge is -2.08. The van der Waals surface area contributed by atoms with E-state index in [4.69, 9.17) is 0 Å². The molecule has 0 radical (unpaired) electrons. The molecule has 1 aromatic carbocycles. The number of methoxy groups -OCH3 is 1. The number of carbonyl (C=O) groups excluding carboxylic acids is 2. The maximum atomic E-state index is 11.6. The quantitative estimate of drug-likeness (QED) is 0.840. The minimum atomic E-state index is -0.500. The second-order valence-corrected chi connectivity index (χ2v) is 5.02. The molecule has 0 aliphatic rings. The highest BCUT2D eigenvalue weighted by atomic mass is 16.5. The summed E-state index contributed by atoms with van der Waals surface area (Å²) in [5.41, 5.74) is 1.64. The first kappa shape index (κ1) is 16.0. The first-order chi connectivity index (χ1) is 9.51. The largest absolute Gasteiger partial charge is 0.453 e. The van der Waals surface area contributed by atoms with Gasteiger partial charge in [0.15, 0.2) is 0 Å². The maximum Gasteiger partial charge on any atom is 0.411 e. The molecule has 0 spiro atoms. The molecule has 5 heteroatoms. The summed E-state index contributed by atoms with van der Waals surface area (Å²) >= 11 is 0. The Morgan fingerprint density at radius 1 is 1.20 bits per heavy atom. The fourth-order valence-corrected chi connectivity index (χ4v) is 1.58. The van der Waals surface area contributed by atoms with Crippen LogP contribution in [0.15, 0.2) is 24.3 Å². The molecule has 0 aromatic heterocycles. The smallest absolute Gasteiger partial charge is 0.411 e. The Hall–Kier alpha value is -2.04. The van der Waals surface area contributed by atoms with Gasteiger partial charge in [0.25, 0.3) is 0 Å². The van der Waals surface area contributed by atoms with Gasteiger partial charge in [-0.05, 0) is 30.0 Å². The summed E-state index contributed by atoms with van der Waals surface area (Å²) in [6.07, 6.45) is 0.952. The van der Waals surface area contributed by atoms with Crippen molar-refractivity contribution in [2.45, 2.75) is 33.2 Å². The molecule has 0 saturated heterocycles. The minimum absolute atomic E-state index is 0.0652. The maximum absolute atomic E-state index is 11.6. The zero-order chi connectivity index (χ0) is 15.0. The third-order valence-corrected chi connectivity index (χ3v) is 2.82. The number of nitrogens with one attached hydrogen (secondary N) is 2. The Balaban J connectivity index is 2.38. The third kappa shape index (κ3) is 6.22. The molecule has 110 valence electrons. The minimum Gasteiger partial charge on any atom is -0.453 e. The zero-order valence-corrected chi connectivity index (χ0v) is 12.2. The molecule has 0 aliphatic carbocycles. The molecular formula is C15H22N2O3. The van der Waals surface area contributed by atoms with Gasteiger partial charge < -0.3 is 10.1 Å². The van der Waals surface area contributed by atoms with Crippen molar-refractivity contribution in [2.24, 2.45) is 5.92 Å². The van der Waals surface area contributed by atoms with Crippen LogP contribution in [-0.2, 0) is 16.1 Å². The zero-order valence-electron chi connectivity index (χ0n) is 12.2. The fraction of sp³-hybridized carbons (Fsp3) is 0.467. The number of hydrogen-bond donors (Lipinski definition) is 2. The fourth-order valence-electron chi connectivity index (χ4n) is 1.58. The first-order valence-corrected chi connectivity index (χ1v) is 6.72. The van der Waals surface area contributed by atoms with Crippen LogP contribution in [0.5, 0.6) is 0 Å². The Morgan fingerprint density at radius 2 is 1.85 bits per heavy atom. The van der Waals surface area contributed by atoms with Gasteiger partial charge in [-0.2, -0.15) is 0 Å². The number of rotatable bonds is 6. The Labute approximate surface area is 119 Å². The van der Waals surface area contributed by atoms with Crippen molar-refractivity contribution in [1.29, 1.82) is 0 Å². The van der Waals surface area contributed by atoms with Crippen molar-refractivity contribution in [3.8, 4) is 0 Å². The van der Waals surface area contributed by atoms with Gasteiger partial charge in [0.2, 0.25) is 5.91 Å². The van der Waals surface area contributed by atoms with E-state index >= 15 is 0 Å². The molecule has 1 rings (SSSR count). The monoisotopic (exact) mass is 278 g/mol. The van der Waals surface area contributed by atoms with Gasteiger partial charge in [-0.3, -0.25) is 10.1 Å². The Morgan fingerprint density at radius 3 is 2.40 bits per heavy atom. The molecule has 0 unspecified atom stereocenters. The summed E-state index contributed by atoms with van der Waals surface area (Å²) in [5.74, 6) is 0.597. The predicted octanol–water partition coefficient (Wildman–Crippen LogP) is 2.92. The van der Waals surface area contributed by atoms with Crippen LogP contribution in [0, 0.1) is 5.92 Å². The molecule has 0 aliphatic heterocycles. The molecule has 0 heterocycles. The van der Waals surface area contributed by atoms with Crippen molar-refractivity contribution in [3.05, 3.63) is 29.8 Å². The number of hydrogen-bond acceptors (Lipinski definition) is 3. The number of anilines is 1. The van der Waals surface area contributed by atoms with Crippen LogP contribution in [0.2, 0.25) is 0 Å². The molecule has 0 bridgehead atoms. The summed E-state index contributed by atoms with van der Waals surface area (Å²) in [7, 11) is 1.32. The van der Waals surface area contributed by atoms with E-state index in [0.717, 1.165) is 12.0 Å². The summed E-state index contributed by atoms with van der Waals surface area (Å²) in [5, 5.41) is 5.44. The molecular weight excluding hydrogens is 256 g/mol.